The SMILES string of the molecule is COC(=O)c1cccc(NC(=O)c2ccccc2S(C)(=O)=O)c1. The van der Waals surface area contributed by atoms with Gasteiger partial charge in [-0.2, -0.15) is 0 Å². The number of ether oxygens (including phenoxy) is 1. The fourth-order valence-electron chi connectivity index (χ4n) is 2.02. The minimum atomic E-state index is -3.53. The lowest BCUT2D eigenvalue weighted by Crippen LogP contribution is -2.16. The number of nitrogens with one attached hydrogen (secondary N) is 1. The Morgan fingerprint density at radius 2 is 1.74 bits per heavy atom. The maximum Gasteiger partial charge on any atom is 0.337 e. The molecule has 0 aliphatic carbocycles. The van der Waals surface area contributed by atoms with Crippen molar-refractivity contribution in [2.45, 2.75) is 4.90 Å². The van der Waals surface area contributed by atoms with Crippen LogP contribution < -0.4 is 5.32 Å². The highest BCUT2D eigenvalue weighted by Gasteiger charge is 2.18. The molecule has 0 saturated carbocycles. The summed E-state index contributed by atoms with van der Waals surface area (Å²) in [6.07, 6.45) is 1.04. The van der Waals surface area contributed by atoms with Gasteiger partial charge in [0.1, 0.15) is 0 Å². The van der Waals surface area contributed by atoms with Gasteiger partial charge in [0.05, 0.1) is 23.1 Å². The highest BCUT2D eigenvalue weighted by atomic mass is 32.2. The molecule has 1 N–H and O–H groups in total. The molecule has 0 spiro atoms. The number of anilines is 1. The molecule has 6 nitrogen and oxygen atoms in total. The molecule has 1 amide bonds. The second-order valence-electron chi connectivity index (χ2n) is 4.79. The zero-order chi connectivity index (χ0) is 17.0. The zero-order valence-electron chi connectivity index (χ0n) is 12.6. The molecule has 0 saturated heterocycles. The van der Waals surface area contributed by atoms with Gasteiger partial charge in [-0.25, -0.2) is 13.2 Å². The summed E-state index contributed by atoms with van der Waals surface area (Å²) in [7, 11) is -2.27. The van der Waals surface area contributed by atoms with Crippen LogP contribution in [-0.2, 0) is 14.6 Å². The summed E-state index contributed by atoms with van der Waals surface area (Å²) >= 11 is 0. The van der Waals surface area contributed by atoms with Crippen molar-refractivity contribution < 1.29 is 22.7 Å². The lowest BCUT2D eigenvalue weighted by Gasteiger charge is -2.09. The number of methoxy groups -OCH3 is 1. The van der Waals surface area contributed by atoms with E-state index in [4.69, 9.17) is 0 Å². The van der Waals surface area contributed by atoms with Gasteiger partial charge in [0.2, 0.25) is 0 Å². The Bertz CT molecular complexity index is 858. The lowest BCUT2D eigenvalue weighted by molar-refractivity contribution is 0.0600. The molecule has 0 aliphatic rings. The molecule has 0 atom stereocenters. The number of esters is 1. The van der Waals surface area contributed by atoms with E-state index in [0.717, 1.165) is 6.26 Å². The second-order valence-corrected chi connectivity index (χ2v) is 6.78. The Morgan fingerprint density at radius 1 is 1.04 bits per heavy atom. The third-order valence-electron chi connectivity index (χ3n) is 3.07. The first-order valence-corrected chi connectivity index (χ1v) is 8.51. The molecule has 2 aromatic rings. The second kappa shape index (κ2) is 6.62. The smallest absolute Gasteiger partial charge is 0.337 e. The molecule has 0 unspecified atom stereocenters. The quantitative estimate of drug-likeness (QED) is 0.866. The van der Waals surface area contributed by atoms with Crippen molar-refractivity contribution in [2.24, 2.45) is 0 Å². The molecule has 0 aliphatic heterocycles. The molecule has 2 rings (SSSR count). The number of carbonyl (C=O) groups excluding carboxylic acids is 2. The van der Waals surface area contributed by atoms with Crippen LogP contribution in [0, 0.1) is 0 Å². The van der Waals surface area contributed by atoms with Gasteiger partial charge >= 0.3 is 5.97 Å². The molecule has 0 fully saturated rings. The van der Waals surface area contributed by atoms with Gasteiger partial charge in [-0.3, -0.25) is 4.79 Å². The number of carbonyl (C=O) groups is 2. The molecule has 0 aromatic heterocycles. The molecule has 2 aromatic carbocycles. The van der Waals surface area contributed by atoms with Crippen molar-refractivity contribution >= 4 is 27.4 Å². The first-order valence-electron chi connectivity index (χ1n) is 6.62. The van der Waals surface area contributed by atoms with E-state index in [2.05, 4.69) is 10.1 Å². The van der Waals surface area contributed by atoms with Crippen molar-refractivity contribution in [3.05, 3.63) is 59.7 Å². The summed E-state index contributed by atoms with van der Waals surface area (Å²) in [6, 6.07) is 12.1. The third kappa shape index (κ3) is 3.95. The van der Waals surface area contributed by atoms with Gasteiger partial charge in [-0.1, -0.05) is 18.2 Å². The van der Waals surface area contributed by atoms with Gasteiger partial charge in [-0.15, -0.1) is 0 Å². The first-order chi connectivity index (χ1) is 10.8. The topological polar surface area (TPSA) is 89.5 Å². The van der Waals surface area contributed by atoms with Gasteiger partial charge in [0, 0.05) is 11.9 Å². The summed E-state index contributed by atoms with van der Waals surface area (Å²) in [5.41, 5.74) is 0.682. The molecule has 120 valence electrons. The van der Waals surface area contributed by atoms with Crippen LogP contribution in [0.5, 0.6) is 0 Å². The van der Waals surface area contributed by atoms with E-state index in [1.165, 1.54) is 25.3 Å². The van der Waals surface area contributed by atoms with E-state index in [9.17, 15) is 18.0 Å². The molecule has 7 heteroatoms. The summed E-state index contributed by atoms with van der Waals surface area (Å²) in [5.74, 6) is -1.11. The summed E-state index contributed by atoms with van der Waals surface area (Å²) in [6.45, 7) is 0. The predicted molar refractivity (Wildman–Crippen MR) is 85.3 cm³/mol. The van der Waals surface area contributed by atoms with E-state index >= 15 is 0 Å². The van der Waals surface area contributed by atoms with E-state index in [1.807, 2.05) is 0 Å². The first kappa shape index (κ1) is 16.7. The Labute approximate surface area is 134 Å². The third-order valence-corrected chi connectivity index (χ3v) is 4.23. The molecule has 0 bridgehead atoms. The van der Waals surface area contributed by atoms with Crippen LogP contribution in [0.3, 0.4) is 0 Å². The predicted octanol–water partition coefficient (Wildman–Crippen LogP) is 2.13. The minimum absolute atomic E-state index is 0.0403. The molecular weight excluding hydrogens is 318 g/mol. The van der Waals surface area contributed by atoms with Crippen LogP contribution in [0.15, 0.2) is 53.4 Å². The molecule has 0 radical (unpaired) electrons. The van der Waals surface area contributed by atoms with Crippen LogP contribution >= 0.6 is 0 Å². The summed E-state index contributed by atoms with van der Waals surface area (Å²) < 4.78 is 28.1. The largest absolute Gasteiger partial charge is 0.465 e. The van der Waals surface area contributed by atoms with Gasteiger partial charge in [-0.05, 0) is 30.3 Å². The van der Waals surface area contributed by atoms with Gasteiger partial charge in [0.15, 0.2) is 9.84 Å². The van der Waals surface area contributed by atoms with Crippen molar-refractivity contribution in [2.75, 3.05) is 18.7 Å². The molecular formula is C16H15NO5S. The number of hydrogen-bond acceptors (Lipinski definition) is 5. The Morgan fingerprint density at radius 3 is 2.39 bits per heavy atom. The van der Waals surface area contributed by atoms with E-state index in [1.54, 1.807) is 30.3 Å². The minimum Gasteiger partial charge on any atom is -0.465 e. The monoisotopic (exact) mass is 333 g/mol. The average molecular weight is 333 g/mol. The van der Waals surface area contributed by atoms with Gasteiger partial charge < -0.3 is 10.1 Å². The number of hydrogen-bond donors (Lipinski definition) is 1. The Kier molecular flexibility index (Phi) is 4.80. The Balaban J connectivity index is 2.32. The van der Waals surface area contributed by atoms with E-state index in [0.29, 0.717) is 5.69 Å². The number of rotatable bonds is 4. The number of amides is 1. The lowest BCUT2D eigenvalue weighted by atomic mass is 10.1. The maximum atomic E-state index is 12.3. The van der Waals surface area contributed by atoms with Crippen LogP contribution in [0.4, 0.5) is 5.69 Å². The van der Waals surface area contributed by atoms with Crippen molar-refractivity contribution in [3.8, 4) is 0 Å². The van der Waals surface area contributed by atoms with Crippen LogP contribution in [0.2, 0.25) is 0 Å². The zero-order valence-corrected chi connectivity index (χ0v) is 13.4. The Hall–Kier alpha value is -2.67. The van der Waals surface area contributed by atoms with Crippen LogP contribution in [0.25, 0.3) is 0 Å². The fraction of sp³-hybridized carbons (Fsp3) is 0.125. The number of benzene rings is 2. The summed E-state index contributed by atoms with van der Waals surface area (Å²) in [5, 5.41) is 2.58. The maximum absolute atomic E-state index is 12.3. The van der Waals surface area contributed by atoms with Gasteiger partial charge in [0.25, 0.3) is 5.91 Å². The highest BCUT2D eigenvalue weighted by Crippen LogP contribution is 2.18. The molecule has 23 heavy (non-hydrogen) atoms. The summed E-state index contributed by atoms with van der Waals surface area (Å²) in [4.78, 5) is 23.8. The molecule has 0 heterocycles. The van der Waals surface area contributed by atoms with Crippen molar-refractivity contribution in [1.29, 1.82) is 0 Å². The van der Waals surface area contributed by atoms with Crippen molar-refractivity contribution in [1.82, 2.24) is 0 Å². The van der Waals surface area contributed by atoms with E-state index < -0.39 is 21.7 Å². The van der Waals surface area contributed by atoms with E-state index in [-0.39, 0.29) is 16.0 Å². The normalized spacial score (nSPS) is 10.9. The number of sulfone groups is 1. The van der Waals surface area contributed by atoms with Crippen LogP contribution in [-0.4, -0.2) is 33.7 Å². The van der Waals surface area contributed by atoms with Crippen molar-refractivity contribution in [3.63, 3.8) is 0 Å². The average Bonchev–Trinajstić information content (AvgIpc) is 2.53. The fourth-order valence-corrected chi connectivity index (χ4v) is 2.90. The van der Waals surface area contributed by atoms with Crippen LogP contribution in [0.1, 0.15) is 20.7 Å². The standard InChI is InChI=1S/C16H15NO5S/c1-22-16(19)11-6-5-7-12(10-11)17-15(18)13-8-3-4-9-14(13)23(2,20)21/h3-10H,1-2H3,(H,17,18). The highest BCUT2D eigenvalue weighted by molar-refractivity contribution is 7.90.